The number of carbonyl (C=O) groups is 1. The average molecular weight is 349 g/mol. The van der Waals surface area contributed by atoms with E-state index < -0.39 is 0 Å². The fourth-order valence-corrected chi connectivity index (χ4v) is 3.43. The molecule has 1 aromatic heterocycles. The number of carbonyl (C=O) groups excluding carboxylic acids is 1. The number of nitrogens with one attached hydrogen (secondary N) is 1. The molecular weight excluding hydrogens is 330 g/mol. The number of aromatic nitrogens is 2. The molecule has 0 saturated carbocycles. The van der Waals surface area contributed by atoms with Gasteiger partial charge in [0.2, 0.25) is 0 Å². The first-order valence-electron chi connectivity index (χ1n) is 8.46. The van der Waals surface area contributed by atoms with Gasteiger partial charge < -0.3 is 14.8 Å². The molecule has 1 atom stereocenters. The molecule has 0 bridgehead atoms. The SMILES string of the molecule is COc1cc2c(cc1OC)C(NC(=O)c1ccc3nccnc3c1)CC2. The smallest absolute Gasteiger partial charge is 0.251 e. The van der Waals surface area contributed by atoms with Gasteiger partial charge in [-0.05, 0) is 54.3 Å². The number of rotatable bonds is 4. The number of ether oxygens (including phenoxy) is 2. The van der Waals surface area contributed by atoms with Crippen LogP contribution in [0.15, 0.2) is 42.7 Å². The molecule has 4 rings (SSSR count). The van der Waals surface area contributed by atoms with Gasteiger partial charge in [0.1, 0.15) is 0 Å². The molecule has 0 radical (unpaired) electrons. The van der Waals surface area contributed by atoms with E-state index in [1.54, 1.807) is 38.7 Å². The molecule has 3 aromatic rings. The molecule has 26 heavy (non-hydrogen) atoms. The van der Waals surface area contributed by atoms with E-state index in [1.807, 2.05) is 18.2 Å². The second-order valence-electron chi connectivity index (χ2n) is 6.23. The van der Waals surface area contributed by atoms with E-state index in [-0.39, 0.29) is 11.9 Å². The first kappa shape index (κ1) is 16.3. The predicted octanol–water partition coefficient (Wildman–Crippen LogP) is 3.06. The van der Waals surface area contributed by atoms with E-state index in [4.69, 9.17) is 9.47 Å². The molecular formula is C20H19N3O3. The first-order chi connectivity index (χ1) is 12.7. The Morgan fingerprint density at radius 2 is 1.77 bits per heavy atom. The molecule has 1 amide bonds. The topological polar surface area (TPSA) is 73.3 Å². The highest BCUT2D eigenvalue weighted by Gasteiger charge is 2.26. The Morgan fingerprint density at radius 3 is 2.54 bits per heavy atom. The van der Waals surface area contributed by atoms with Gasteiger partial charge in [0.15, 0.2) is 11.5 Å². The van der Waals surface area contributed by atoms with E-state index >= 15 is 0 Å². The fourth-order valence-electron chi connectivity index (χ4n) is 3.43. The lowest BCUT2D eigenvalue weighted by molar-refractivity contribution is 0.0937. The molecule has 1 N–H and O–H groups in total. The number of methoxy groups -OCH3 is 2. The number of amides is 1. The minimum absolute atomic E-state index is 0.0464. The van der Waals surface area contributed by atoms with Gasteiger partial charge in [0.05, 0.1) is 31.3 Å². The molecule has 1 unspecified atom stereocenters. The minimum atomic E-state index is -0.120. The summed E-state index contributed by atoms with van der Waals surface area (Å²) in [5.74, 6) is 1.27. The zero-order valence-corrected chi connectivity index (χ0v) is 14.7. The largest absolute Gasteiger partial charge is 0.493 e. The third kappa shape index (κ3) is 2.83. The summed E-state index contributed by atoms with van der Waals surface area (Å²) < 4.78 is 10.8. The third-order valence-electron chi connectivity index (χ3n) is 4.76. The van der Waals surface area contributed by atoms with Gasteiger partial charge in [0, 0.05) is 18.0 Å². The normalized spacial score (nSPS) is 15.5. The summed E-state index contributed by atoms with van der Waals surface area (Å²) >= 11 is 0. The zero-order chi connectivity index (χ0) is 18.1. The predicted molar refractivity (Wildman–Crippen MR) is 97.6 cm³/mol. The summed E-state index contributed by atoms with van der Waals surface area (Å²) in [5, 5.41) is 3.12. The minimum Gasteiger partial charge on any atom is -0.493 e. The monoisotopic (exact) mass is 349 g/mol. The number of hydrogen-bond donors (Lipinski definition) is 1. The van der Waals surface area contributed by atoms with Crippen LogP contribution >= 0.6 is 0 Å². The molecule has 0 saturated heterocycles. The highest BCUT2D eigenvalue weighted by molar-refractivity contribution is 5.97. The molecule has 0 fully saturated rings. The van der Waals surface area contributed by atoms with Gasteiger partial charge in [-0.15, -0.1) is 0 Å². The van der Waals surface area contributed by atoms with Gasteiger partial charge in [-0.1, -0.05) is 0 Å². The van der Waals surface area contributed by atoms with Gasteiger partial charge in [-0.25, -0.2) is 0 Å². The average Bonchev–Trinajstić information content (AvgIpc) is 3.08. The number of aryl methyl sites for hydroxylation is 1. The maximum atomic E-state index is 12.7. The summed E-state index contributed by atoms with van der Waals surface area (Å²) in [4.78, 5) is 21.2. The van der Waals surface area contributed by atoms with Crippen molar-refractivity contribution >= 4 is 16.9 Å². The maximum Gasteiger partial charge on any atom is 0.251 e. The summed E-state index contributed by atoms with van der Waals surface area (Å²) in [6.45, 7) is 0. The zero-order valence-electron chi connectivity index (χ0n) is 14.7. The van der Waals surface area contributed by atoms with Crippen LogP contribution in [0.3, 0.4) is 0 Å². The van der Waals surface area contributed by atoms with Crippen molar-refractivity contribution in [1.82, 2.24) is 15.3 Å². The van der Waals surface area contributed by atoms with Crippen LogP contribution in [0.25, 0.3) is 11.0 Å². The second kappa shape index (κ2) is 6.63. The number of fused-ring (bicyclic) bond motifs is 2. The number of nitrogens with zero attached hydrogens (tertiary/aromatic N) is 2. The van der Waals surface area contributed by atoms with Crippen molar-refractivity contribution in [2.45, 2.75) is 18.9 Å². The summed E-state index contributed by atoms with van der Waals surface area (Å²) in [7, 11) is 3.24. The highest BCUT2D eigenvalue weighted by Crippen LogP contribution is 2.39. The quantitative estimate of drug-likeness (QED) is 0.784. The Morgan fingerprint density at radius 1 is 1.04 bits per heavy atom. The molecule has 6 heteroatoms. The van der Waals surface area contributed by atoms with Gasteiger partial charge in [-0.3, -0.25) is 14.8 Å². The van der Waals surface area contributed by atoms with Gasteiger partial charge >= 0.3 is 0 Å². The Balaban J connectivity index is 1.59. The highest BCUT2D eigenvalue weighted by atomic mass is 16.5. The standard InChI is InChI=1S/C20H19N3O3/c1-25-18-10-12-3-5-15(14(12)11-19(18)26-2)23-20(24)13-4-6-16-17(9-13)22-8-7-21-16/h4,6-11,15H,3,5H2,1-2H3,(H,23,24). The van der Waals surface area contributed by atoms with Gasteiger partial charge in [-0.2, -0.15) is 0 Å². The summed E-state index contributed by atoms with van der Waals surface area (Å²) in [6, 6.07) is 9.26. The van der Waals surface area contributed by atoms with Crippen molar-refractivity contribution in [2.24, 2.45) is 0 Å². The van der Waals surface area contributed by atoms with Crippen LogP contribution < -0.4 is 14.8 Å². The van der Waals surface area contributed by atoms with Gasteiger partial charge in [0.25, 0.3) is 5.91 Å². The molecule has 1 aliphatic carbocycles. The van der Waals surface area contributed by atoms with Crippen molar-refractivity contribution in [2.75, 3.05) is 14.2 Å². The lowest BCUT2D eigenvalue weighted by Crippen LogP contribution is -2.27. The Labute approximate surface area is 151 Å². The van der Waals surface area contributed by atoms with Crippen LogP contribution in [0.4, 0.5) is 0 Å². The molecule has 1 aliphatic rings. The van der Waals surface area contributed by atoms with Crippen molar-refractivity contribution in [1.29, 1.82) is 0 Å². The molecule has 1 heterocycles. The summed E-state index contributed by atoms with van der Waals surface area (Å²) in [5.41, 5.74) is 4.31. The van der Waals surface area contributed by atoms with Crippen LogP contribution in [-0.4, -0.2) is 30.1 Å². The molecule has 6 nitrogen and oxygen atoms in total. The molecule has 2 aromatic carbocycles. The van der Waals surface area contributed by atoms with E-state index in [0.29, 0.717) is 22.6 Å². The Kier molecular flexibility index (Phi) is 4.16. The van der Waals surface area contributed by atoms with Crippen LogP contribution in [0.2, 0.25) is 0 Å². The molecule has 0 aliphatic heterocycles. The molecule has 132 valence electrons. The van der Waals surface area contributed by atoms with Crippen molar-refractivity contribution in [3.63, 3.8) is 0 Å². The lowest BCUT2D eigenvalue weighted by Gasteiger charge is -2.16. The number of hydrogen-bond acceptors (Lipinski definition) is 5. The van der Waals surface area contributed by atoms with E-state index in [2.05, 4.69) is 15.3 Å². The van der Waals surface area contributed by atoms with Crippen LogP contribution in [0.5, 0.6) is 11.5 Å². The van der Waals surface area contributed by atoms with Crippen LogP contribution in [0, 0.1) is 0 Å². The van der Waals surface area contributed by atoms with Crippen LogP contribution in [0.1, 0.15) is 33.9 Å². The fraction of sp³-hybridized carbons (Fsp3) is 0.250. The number of benzene rings is 2. The van der Waals surface area contributed by atoms with Crippen molar-refractivity contribution in [3.05, 3.63) is 59.4 Å². The van der Waals surface area contributed by atoms with Crippen molar-refractivity contribution in [3.8, 4) is 11.5 Å². The van der Waals surface area contributed by atoms with Crippen LogP contribution in [-0.2, 0) is 6.42 Å². The van der Waals surface area contributed by atoms with Crippen molar-refractivity contribution < 1.29 is 14.3 Å². The second-order valence-corrected chi connectivity index (χ2v) is 6.23. The lowest BCUT2D eigenvalue weighted by atomic mass is 10.1. The van der Waals surface area contributed by atoms with E-state index in [0.717, 1.165) is 23.9 Å². The Hall–Kier alpha value is -3.15. The Bertz CT molecular complexity index is 987. The molecule has 0 spiro atoms. The first-order valence-corrected chi connectivity index (χ1v) is 8.46. The third-order valence-corrected chi connectivity index (χ3v) is 4.76. The van der Waals surface area contributed by atoms with E-state index in [1.165, 1.54) is 5.56 Å². The summed E-state index contributed by atoms with van der Waals surface area (Å²) in [6.07, 6.45) is 5.00. The van der Waals surface area contributed by atoms with E-state index in [9.17, 15) is 4.79 Å². The maximum absolute atomic E-state index is 12.7.